The Hall–Kier alpha value is -2.01. The van der Waals surface area contributed by atoms with Gasteiger partial charge in [0, 0.05) is 6.07 Å². The van der Waals surface area contributed by atoms with Crippen LogP contribution in [0.5, 0.6) is 17.2 Å². The molecule has 0 aliphatic rings. The van der Waals surface area contributed by atoms with Gasteiger partial charge in [-0.3, -0.25) is 4.79 Å². The second kappa shape index (κ2) is 7.69. The number of esters is 1. The van der Waals surface area contributed by atoms with Gasteiger partial charge in [0.1, 0.15) is 28.7 Å². The van der Waals surface area contributed by atoms with Crippen molar-refractivity contribution in [3.63, 3.8) is 0 Å². The summed E-state index contributed by atoms with van der Waals surface area (Å²) in [6, 6.07) is 16.7. The first kappa shape index (κ1) is 15.4. The van der Waals surface area contributed by atoms with Crippen LogP contribution in [0.4, 0.5) is 0 Å². The van der Waals surface area contributed by atoms with Gasteiger partial charge in [-0.1, -0.05) is 40.2 Å². The van der Waals surface area contributed by atoms with Gasteiger partial charge in [0.15, 0.2) is 0 Å². The second-order valence-electron chi connectivity index (χ2n) is 4.19. The second-order valence-corrected chi connectivity index (χ2v) is 5.30. The zero-order chi connectivity index (χ0) is 15.1. The summed E-state index contributed by atoms with van der Waals surface area (Å²) in [4.78, 5) is 10.8. The number of para-hydroxylation sites is 1. The van der Waals surface area contributed by atoms with E-state index in [1.54, 1.807) is 12.1 Å². The minimum absolute atomic E-state index is 0.182. The molecule has 0 spiro atoms. The van der Waals surface area contributed by atoms with Crippen molar-refractivity contribution < 1.29 is 19.0 Å². The molecule has 5 heteroatoms. The molecule has 4 nitrogen and oxygen atoms in total. The third-order valence-corrected chi connectivity index (χ3v) is 3.28. The van der Waals surface area contributed by atoms with E-state index in [1.165, 1.54) is 7.11 Å². The van der Waals surface area contributed by atoms with Crippen LogP contribution in [0.15, 0.2) is 54.6 Å². The Kier molecular flexibility index (Phi) is 5.63. The van der Waals surface area contributed by atoms with Crippen LogP contribution in [0.2, 0.25) is 0 Å². The van der Waals surface area contributed by atoms with E-state index in [-0.39, 0.29) is 12.6 Å². The van der Waals surface area contributed by atoms with Crippen molar-refractivity contribution >= 4 is 21.9 Å². The standard InChI is InChI=1S/C16H15BrO4/c1-19-16(18)15(17)11-20-13-8-5-9-14(10-13)21-12-6-3-2-4-7-12/h2-10,15H,11H2,1H3. The molecule has 0 bridgehead atoms. The van der Waals surface area contributed by atoms with Crippen molar-refractivity contribution in [3.05, 3.63) is 54.6 Å². The van der Waals surface area contributed by atoms with E-state index in [0.29, 0.717) is 11.5 Å². The number of carbonyl (C=O) groups excluding carboxylic acids is 1. The normalized spacial score (nSPS) is 11.5. The summed E-state index contributed by atoms with van der Waals surface area (Å²) in [5.74, 6) is 1.67. The first-order valence-electron chi connectivity index (χ1n) is 6.36. The number of rotatable bonds is 6. The van der Waals surface area contributed by atoms with Crippen LogP contribution in [0.1, 0.15) is 0 Å². The molecule has 0 fully saturated rings. The zero-order valence-electron chi connectivity index (χ0n) is 11.5. The highest BCUT2D eigenvalue weighted by Crippen LogP contribution is 2.25. The quantitative estimate of drug-likeness (QED) is 0.587. The van der Waals surface area contributed by atoms with E-state index in [4.69, 9.17) is 9.47 Å². The number of hydrogen-bond donors (Lipinski definition) is 0. The molecule has 2 aromatic rings. The van der Waals surface area contributed by atoms with E-state index in [9.17, 15) is 4.79 Å². The molecular formula is C16H15BrO4. The molecule has 0 N–H and O–H groups in total. The molecule has 0 amide bonds. The van der Waals surface area contributed by atoms with Crippen molar-refractivity contribution in [1.29, 1.82) is 0 Å². The summed E-state index contributed by atoms with van der Waals surface area (Å²) in [5, 5.41) is 0. The lowest BCUT2D eigenvalue weighted by Crippen LogP contribution is -2.22. The Morgan fingerprint density at radius 1 is 1.05 bits per heavy atom. The number of hydrogen-bond acceptors (Lipinski definition) is 4. The molecule has 0 radical (unpaired) electrons. The SMILES string of the molecule is COC(=O)C(Br)COc1cccc(Oc2ccccc2)c1. The van der Waals surface area contributed by atoms with Crippen molar-refractivity contribution in [1.82, 2.24) is 0 Å². The molecule has 1 unspecified atom stereocenters. The fourth-order valence-electron chi connectivity index (χ4n) is 1.62. The number of methoxy groups -OCH3 is 1. The minimum Gasteiger partial charge on any atom is -0.492 e. The molecule has 0 saturated carbocycles. The minimum atomic E-state index is -0.499. The smallest absolute Gasteiger partial charge is 0.322 e. The van der Waals surface area contributed by atoms with E-state index in [2.05, 4.69) is 20.7 Å². The molecule has 110 valence electrons. The fraction of sp³-hybridized carbons (Fsp3) is 0.188. The number of benzene rings is 2. The lowest BCUT2D eigenvalue weighted by molar-refractivity contribution is -0.140. The Morgan fingerprint density at radius 3 is 2.43 bits per heavy atom. The number of alkyl halides is 1. The fourth-order valence-corrected chi connectivity index (χ4v) is 1.94. The van der Waals surface area contributed by atoms with Crippen LogP contribution in [0.25, 0.3) is 0 Å². The highest BCUT2D eigenvalue weighted by atomic mass is 79.9. The Balaban J connectivity index is 1.96. The van der Waals surface area contributed by atoms with Crippen LogP contribution >= 0.6 is 15.9 Å². The van der Waals surface area contributed by atoms with E-state index >= 15 is 0 Å². The highest BCUT2D eigenvalue weighted by Gasteiger charge is 2.15. The van der Waals surface area contributed by atoms with Crippen LogP contribution < -0.4 is 9.47 Å². The molecule has 0 aliphatic heterocycles. The van der Waals surface area contributed by atoms with Gasteiger partial charge in [0.05, 0.1) is 7.11 Å². The van der Waals surface area contributed by atoms with Gasteiger partial charge in [0.2, 0.25) is 0 Å². The Bertz CT molecular complexity index is 586. The van der Waals surface area contributed by atoms with Gasteiger partial charge in [-0.25, -0.2) is 0 Å². The van der Waals surface area contributed by atoms with Gasteiger partial charge in [-0.05, 0) is 24.3 Å². The van der Waals surface area contributed by atoms with E-state index in [0.717, 1.165) is 5.75 Å². The Morgan fingerprint density at radius 2 is 1.71 bits per heavy atom. The molecule has 0 saturated heterocycles. The molecule has 21 heavy (non-hydrogen) atoms. The summed E-state index contributed by atoms with van der Waals surface area (Å²) in [7, 11) is 1.34. The van der Waals surface area contributed by atoms with Gasteiger partial charge in [0.25, 0.3) is 0 Å². The maximum absolute atomic E-state index is 11.3. The summed E-state index contributed by atoms with van der Waals surface area (Å²) < 4.78 is 15.9. The van der Waals surface area contributed by atoms with Gasteiger partial charge in [-0.15, -0.1) is 0 Å². The molecule has 0 heterocycles. The lowest BCUT2D eigenvalue weighted by Gasteiger charge is -2.11. The summed E-state index contributed by atoms with van der Waals surface area (Å²) in [5.41, 5.74) is 0. The average Bonchev–Trinajstić information content (AvgIpc) is 2.53. The van der Waals surface area contributed by atoms with Crippen molar-refractivity contribution in [3.8, 4) is 17.2 Å². The maximum atomic E-state index is 11.3. The number of halogens is 1. The molecule has 2 rings (SSSR count). The van der Waals surface area contributed by atoms with E-state index in [1.807, 2.05) is 42.5 Å². The molecule has 2 aromatic carbocycles. The maximum Gasteiger partial charge on any atom is 0.322 e. The molecule has 0 aromatic heterocycles. The van der Waals surface area contributed by atoms with Crippen molar-refractivity contribution in [2.45, 2.75) is 4.83 Å². The van der Waals surface area contributed by atoms with Crippen LogP contribution in [0, 0.1) is 0 Å². The molecule has 1 atom stereocenters. The predicted molar refractivity (Wildman–Crippen MR) is 83.2 cm³/mol. The third kappa shape index (κ3) is 4.79. The Labute approximate surface area is 131 Å². The van der Waals surface area contributed by atoms with E-state index < -0.39 is 4.83 Å². The highest BCUT2D eigenvalue weighted by molar-refractivity contribution is 9.10. The monoisotopic (exact) mass is 350 g/mol. The lowest BCUT2D eigenvalue weighted by atomic mass is 10.3. The van der Waals surface area contributed by atoms with Crippen molar-refractivity contribution in [2.24, 2.45) is 0 Å². The molecular weight excluding hydrogens is 336 g/mol. The van der Waals surface area contributed by atoms with Crippen molar-refractivity contribution in [2.75, 3.05) is 13.7 Å². The number of carbonyl (C=O) groups is 1. The zero-order valence-corrected chi connectivity index (χ0v) is 13.1. The summed E-state index contributed by atoms with van der Waals surface area (Å²) in [6.45, 7) is 0.182. The first-order valence-corrected chi connectivity index (χ1v) is 7.28. The van der Waals surface area contributed by atoms with Gasteiger partial charge < -0.3 is 14.2 Å². The van der Waals surface area contributed by atoms with Gasteiger partial charge >= 0.3 is 5.97 Å². The molecule has 0 aliphatic carbocycles. The van der Waals surface area contributed by atoms with Gasteiger partial charge in [-0.2, -0.15) is 0 Å². The third-order valence-electron chi connectivity index (χ3n) is 2.64. The summed E-state index contributed by atoms with van der Waals surface area (Å²) in [6.07, 6.45) is 0. The van der Waals surface area contributed by atoms with Crippen LogP contribution in [0.3, 0.4) is 0 Å². The average molecular weight is 351 g/mol. The largest absolute Gasteiger partial charge is 0.492 e. The van der Waals surface area contributed by atoms with Crippen LogP contribution in [-0.4, -0.2) is 24.5 Å². The first-order chi connectivity index (χ1) is 10.2. The predicted octanol–water partition coefficient (Wildman–Crippen LogP) is 3.79. The topological polar surface area (TPSA) is 44.8 Å². The van der Waals surface area contributed by atoms with Crippen LogP contribution in [-0.2, 0) is 9.53 Å². The summed E-state index contributed by atoms with van der Waals surface area (Å²) >= 11 is 3.20. The number of ether oxygens (including phenoxy) is 3.